The second kappa shape index (κ2) is 11.9. The van der Waals surface area contributed by atoms with Crippen molar-refractivity contribution in [1.29, 1.82) is 0 Å². The second-order valence-corrected chi connectivity index (χ2v) is 10.2. The van der Waals surface area contributed by atoms with Crippen LogP contribution in [0.25, 0.3) is 0 Å². The zero-order valence-electron chi connectivity index (χ0n) is 22.8. The van der Waals surface area contributed by atoms with E-state index in [-0.39, 0.29) is 0 Å². The van der Waals surface area contributed by atoms with Crippen molar-refractivity contribution >= 4 is 23.6 Å². The summed E-state index contributed by atoms with van der Waals surface area (Å²) in [6.07, 6.45) is -9.88. The molecule has 0 aliphatic rings. The highest BCUT2D eigenvalue weighted by Crippen LogP contribution is 2.56. The third kappa shape index (κ3) is 8.43. The summed E-state index contributed by atoms with van der Waals surface area (Å²) in [4.78, 5) is 24.4. The van der Waals surface area contributed by atoms with E-state index in [1.165, 1.54) is 41.5 Å². The molecule has 0 spiro atoms. The van der Waals surface area contributed by atoms with Gasteiger partial charge in [0.2, 0.25) is 5.83 Å². The van der Waals surface area contributed by atoms with Gasteiger partial charge in [0.05, 0.1) is 18.5 Å². The van der Waals surface area contributed by atoms with Gasteiger partial charge in [-0.25, -0.2) is 9.59 Å². The molecule has 0 saturated carbocycles. The van der Waals surface area contributed by atoms with Crippen molar-refractivity contribution in [1.82, 2.24) is 0 Å². The number of halogens is 11. The van der Waals surface area contributed by atoms with E-state index in [0.717, 1.165) is 7.11 Å². The summed E-state index contributed by atoms with van der Waals surface area (Å²) in [6.45, 7) is 8.47. The fraction of sp³-hybridized carbons (Fsp3) is 0.565. The zero-order chi connectivity index (χ0) is 33.3. The molecule has 0 bridgehead atoms. The first-order valence-electron chi connectivity index (χ1n) is 11.2. The summed E-state index contributed by atoms with van der Waals surface area (Å²) in [5.41, 5.74) is -3.68. The molecule has 0 fully saturated rings. The molecule has 2 N–H and O–H groups in total. The lowest BCUT2D eigenvalue weighted by Gasteiger charge is -2.32. The smallest absolute Gasteiger partial charge is 0.460 e. The first-order valence-corrected chi connectivity index (χ1v) is 11.2. The third-order valence-electron chi connectivity index (χ3n) is 4.37. The fourth-order valence-corrected chi connectivity index (χ4v) is 2.61. The van der Waals surface area contributed by atoms with Gasteiger partial charge in [0.15, 0.2) is 5.75 Å². The first kappa shape index (κ1) is 36.4. The van der Waals surface area contributed by atoms with E-state index in [4.69, 9.17) is 14.2 Å². The van der Waals surface area contributed by atoms with Crippen molar-refractivity contribution in [2.45, 2.75) is 76.7 Å². The number of carbonyl (C=O) groups excluding carboxylic acids is 2. The Balaban J connectivity index is 3.73. The Kier molecular flexibility index (Phi) is 10.3. The SMILES string of the molecule is COc1cc(NC(=O)OC(C)(C)C)c(OC(F)=C(F)C(F)(F)C(F)(F)C(F)(F)C(F)(F)F)cc1NC(=O)OC(C)(C)C. The van der Waals surface area contributed by atoms with Crippen LogP contribution in [0.15, 0.2) is 24.0 Å². The van der Waals surface area contributed by atoms with Gasteiger partial charge in [-0.15, -0.1) is 0 Å². The van der Waals surface area contributed by atoms with Crippen LogP contribution in [0, 0.1) is 0 Å². The molecule has 1 aromatic rings. The number of allylic oxidation sites excluding steroid dienone is 1. The van der Waals surface area contributed by atoms with Crippen LogP contribution < -0.4 is 20.1 Å². The maximum atomic E-state index is 14.4. The molecule has 0 saturated heterocycles. The summed E-state index contributed by atoms with van der Waals surface area (Å²) < 4.78 is 166. The summed E-state index contributed by atoms with van der Waals surface area (Å²) in [5.74, 6) is -28.1. The zero-order valence-corrected chi connectivity index (χ0v) is 22.8. The van der Waals surface area contributed by atoms with Crippen molar-refractivity contribution in [3.63, 3.8) is 0 Å². The number of amides is 2. The number of carbonyl (C=O) groups is 2. The van der Waals surface area contributed by atoms with E-state index in [2.05, 4.69) is 4.74 Å². The van der Waals surface area contributed by atoms with Crippen molar-refractivity contribution in [2.75, 3.05) is 17.7 Å². The van der Waals surface area contributed by atoms with Crippen LogP contribution in [0.3, 0.4) is 0 Å². The number of hydrogen-bond donors (Lipinski definition) is 2. The van der Waals surface area contributed by atoms with Gasteiger partial charge in [0, 0.05) is 12.1 Å². The number of ether oxygens (including phenoxy) is 4. The maximum Gasteiger partial charge on any atom is 0.460 e. The highest BCUT2D eigenvalue weighted by atomic mass is 19.4. The number of benzene rings is 1. The second-order valence-electron chi connectivity index (χ2n) is 10.2. The first-order chi connectivity index (χ1) is 18.6. The lowest BCUT2D eigenvalue weighted by Crippen LogP contribution is -2.61. The van der Waals surface area contributed by atoms with Crippen LogP contribution in [0.4, 0.5) is 69.3 Å². The van der Waals surface area contributed by atoms with E-state index < -0.39 is 82.0 Å². The Bertz CT molecular complexity index is 1200. The molecule has 240 valence electrons. The molecular formula is C23H25F11N2O6. The summed E-state index contributed by atoms with van der Waals surface area (Å²) in [5, 5.41) is 3.93. The quantitative estimate of drug-likeness (QED) is 0.221. The van der Waals surface area contributed by atoms with Gasteiger partial charge >= 0.3 is 42.1 Å². The Morgan fingerprint density at radius 1 is 0.667 bits per heavy atom. The minimum atomic E-state index is -7.55. The summed E-state index contributed by atoms with van der Waals surface area (Å²) in [6, 6.07) is -2.27. The van der Waals surface area contributed by atoms with Crippen LogP contribution >= 0.6 is 0 Å². The normalized spacial score (nSPS) is 14.0. The molecule has 0 heterocycles. The molecule has 42 heavy (non-hydrogen) atoms. The van der Waals surface area contributed by atoms with E-state index >= 15 is 0 Å². The summed E-state index contributed by atoms with van der Waals surface area (Å²) in [7, 11) is 0.997. The molecule has 0 radical (unpaired) electrons. The number of rotatable bonds is 8. The van der Waals surface area contributed by atoms with Crippen molar-refractivity contribution in [3.05, 3.63) is 24.0 Å². The van der Waals surface area contributed by atoms with Gasteiger partial charge in [-0.3, -0.25) is 10.6 Å². The highest BCUT2D eigenvalue weighted by Gasteiger charge is 2.83. The molecule has 19 heteroatoms. The predicted molar refractivity (Wildman–Crippen MR) is 123 cm³/mol. The van der Waals surface area contributed by atoms with E-state index in [0.29, 0.717) is 12.1 Å². The Labute approximate surface area is 231 Å². The Hall–Kier alpha value is -3.67. The van der Waals surface area contributed by atoms with Gasteiger partial charge < -0.3 is 18.9 Å². The molecule has 1 rings (SSSR count). The van der Waals surface area contributed by atoms with Gasteiger partial charge in [-0.2, -0.15) is 48.3 Å². The van der Waals surface area contributed by atoms with Gasteiger partial charge in [-0.1, -0.05) is 0 Å². The number of anilines is 2. The van der Waals surface area contributed by atoms with Crippen LogP contribution in [-0.4, -0.2) is 54.4 Å². The molecule has 0 aromatic heterocycles. The van der Waals surface area contributed by atoms with E-state index in [9.17, 15) is 57.9 Å². The average molecular weight is 634 g/mol. The molecule has 0 atom stereocenters. The molecule has 0 unspecified atom stereocenters. The predicted octanol–water partition coefficient (Wildman–Crippen LogP) is 8.34. The van der Waals surface area contributed by atoms with Crippen LogP contribution in [0.2, 0.25) is 0 Å². The van der Waals surface area contributed by atoms with Crippen LogP contribution in [0.1, 0.15) is 41.5 Å². The van der Waals surface area contributed by atoms with Crippen molar-refractivity contribution in [2.24, 2.45) is 0 Å². The minimum Gasteiger partial charge on any atom is -0.494 e. The number of hydrogen-bond acceptors (Lipinski definition) is 6. The number of nitrogens with one attached hydrogen (secondary N) is 2. The molecule has 0 aliphatic carbocycles. The molecule has 2 amide bonds. The number of alkyl halides is 9. The molecule has 0 aliphatic heterocycles. The number of methoxy groups -OCH3 is 1. The van der Waals surface area contributed by atoms with Crippen LogP contribution in [0.5, 0.6) is 11.5 Å². The van der Waals surface area contributed by atoms with E-state index in [1.807, 2.05) is 10.6 Å². The summed E-state index contributed by atoms with van der Waals surface area (Å²) >= 11 is 0. The molecule has 8 nitrogen and oxygen atoms in total. The van der Waals surface area contributed by atoms with Gasteiger partial charge in [0.25, 0.3) is 0 Å². The topological polar surface area (TPSA) is 95.1 Å². The lowest BCUT2D eigenvalue weighted by atomic mass is 10.0. The Morgan fingerprint density at radius 3 is 1.40 bits per heavy atom. The third-order valence-corrected chi connectivity index (χ3v) is 4.37. The van der Waals surface area contributed by atoms with Crippen molar-refractivity contribution < 1.29 is 76.8 Å². The Morgan fingerprint density at radius 2 is 1.05 bits per heavy atom. The minimum absolute atomic E-state index is 0.397. The highest BCUT2D eigenvalue weighted by molar-refractivity contribution is 5.92. The molecule has 1 aromatic carbocycles. The monoisotopic (exact) mass is 634 g/mol. The molecular weight excluding hydrogens is 609 g/mol. The van der Waals surface area contributed by atoms with Gasteiger partial charge in [0.1, 0.15) is 17.0 Å². The van der Waals surface area contributed by atoms with Crippen molar-refractivity contribution in [3.8, 4) is 11.5 Å². The maximum absolute atomic E-state index is 14.4. The standard InChI is InChI=1S/C23H25F11N2O6/c1-18(2,3)41-16(37)35-10-9-13(11(8-12(10)39-7)36-17(38)42-19(4,5)6)40-15(25)14(24)20(26,27)21(28,29)22(30,31)23(32,33)34/h8-9H,1-7H3,(H,35,37)(H,36,38). The fourth-order valence-electron chi connectivity index (χ4n) is 2.61. The lowest BCUT2D eigenvalue weighted by molar-refractivity contribution is -0.392. The van der Waals surface area contributed by atoms with Gasteiger partial charge in [-0.05, 0) is 41.5 Å². The van der Waals surface area contributed by atoms with Crippen LogP contribution in [-0.2, 0) is 9.47 Å². The van der Waals surface area contributed by atoms with E-state index in [1.54, 1.807) is 0 Å². The largest absolute Gasteiger partial charge is 0.494 e. The average Bonchev–Trinajstić information content (AvgIpc) is 2.76.